The van der Waals surface area contributed by atoms with Crippen LogP contribution in [0.3, 0.4) is 0 Å². The normalized spacial score (nSPS) is 34.9. The molecule has 0 unspecified atom stereocenters. The molecule has 0 spiro atoms. The molecule has 4 aliphatic carbocycles. The fourth-order valence-corrected chi connectivity index (χ4v) is 5.94. The van der Waals surface area contributed by atoms with Gasteiger partial charge in [0.15, 0.2) is 12.4 Å². The Bertz CT molecular complexity index is 594. The predicted octanol–water partition coefficient (Wildman–Crippen LogP) is 4.09. The Morgan fingerprint density at radius 2 is 1.83 bits per heavy atom. The third-order valence-electron chi connectivity index (χ3n) is 5.90. The van der Waals surface area contributed by atoms with E-state index in [2.05, 4.69) is 0 Å². The first kappa shape index (κ1) is 15.1. The van der Waals surface area contributed by atoms with E-state index in [1.54, 1.807) is 17.4 Å². The number of Topliss-reactive ketones (excluding diaryl/α,β-unsaturated/α-hetero) is 1. The molecule has 1 heterocycles. The lowest BCUT2D eigenvalue weighted by Crippen LogP contribution is -2.51. The van der Waals surface area contributed by atoms with Gasteiger partial charge < -0.3 is 4.74 Å². The number of ketones is 1. The maximum Gasteiger partial charge on any atom is 0.331 e. The van der Waals surface area contributed by atoms with E-state index in [1.807, 2.05) is 17.5 Å². The van der Waals surface area contributed by atoms with E-state index in [0.29, 0.717) is 0 Å². The van der Waals surface area contributed by atoms with Gasteiger partial charge in [0, 0.05) is 16.4 Å². The summed E-state index contributed by atoms with van der Waals surface area (Å²) in [5, 5.41) is 1.96. The molecule has 1 aromatic rings. The fourth-order valence-electron chi connectivity index (χ4n) is 5.33. The molecule has 4 fully saturated rings. The van der Waals surface area contributed by atoms with Gasteiger partial charge in [0.25, 0.3) is 0 Å². The van der Waals surface area contributed by atoms with Gasteiger partial charge in [-0.25, -0.2) is 4.79 Å². The molecule has 0 radical (unpaired) electrons. The molecule has 0 aromatic carbocycles. The molecule has 4 aliphatic rings. The zero-order valence-electron chi connectivity index (χ0n) is 13.2. The van der Waals surface area contributed by atoms with E-state index in [4.69, 9.17) is 4.74 Å². The summed E-state index contributed by atoms with van der Waals surface area (Å²) in [7, 11) is 0. The summed E-state index contributed by atoms with van der Waals surface area (Å²) in [4.78, 5) is 25.6. The number of hydrogen-bond donors (Lipinski definition) is 0. The smallest absolute Gasteiger partial charge is 0.331 e. The molecule has 23 heavy (non-hydrogen) atoms. The summed E-state index contributed by atoms with van der Waals surface area (Å²) in [6.07, 6.45) is 10.2. The van der Waals surface area contributed by atoms with Gasteiger partial charge in [0.05, 0.1) is 0 Å². The molecule has 122 valence electrons. The van der Waals surface area contributed by atoms with Crippen LogP contribution < -0.4 is 0 Å². The summed E-state index contributed by atoms with van der Waals surface area (Å²) >= 11 is 1.57. The second-order valence-corrected chi connectivity index (χ2v) is 8.56. The number of rotatable bonds is 5. The third-order valence-corrected chi connectivity index (χ3v) is 6.74. The number of carbonyl (C=O) groups is 2. The van der Waals surface area contributed by atoms with Gasteiger partial charge in [-0.3, -0.25) is 4.79 Å². The van der Waals surface area contributed by atoms with Crippen molar-refractivity contribution in [3.8, 4) is 0 Å². The number of carbonyl (C=O) groups excluding carboxylic acids is 2. The van der Waals surface area contributed by atoms with Crippen molar-refractivity contribution in [1.29, 1.82) is 0 Å². The lowest BCUT2D eigenvalue weighted by atomic mass is 9.48. The second kappa shape index (κ2) is 5.90. The number of hydrogen-bond acceptors (Lipinski definition) is 4. The molecule has 0 N–H and O–H groups in total. The average molecular weight is 330 g/mol. The minimum atomic E-state index is -0.420. The largest absolute Gasteiger partial charge is 0.455 e. The number of esters is 1. The number of ether oxygens (including phenoxy) is 1. The van der Waals surface area contributed by atoms with E-state index >= 15 is 0 Å². The van der Waals surface area contributed by atoms with Crippen LogP contribution in [0.1, 0.15) is 43.4 Å². The van der Waals surface area contributed by atoms with Crippen molar-refractivity contribution < 1.29 is 14.3 Å². The van der Waals surface area contributed by atoms with Crippen LogP contribution in [-0.4, -0.2) is 18.4 Å². The van der Waals surface area contributed by atoms with Gasteiger partial charge in [-0.05, 0) is 73.8 Å². The molecular weight excluding hydrogens is 308 g/mol. The number of thiophene rings is 1. The third kappa shape index (κ3) is 3.01. The van der Waals surface area contributed by atoms with Crippen LogP contribution >= 0.6 is 11.3 Å². The summed E-state index contributed by atoms with van der Waals surface area (Å²) in [6.45, 7) is -0.0558. The summed E-state index contributed by atoms with van der Waals surface area (Å²) in [5.41, 5.74) is -0.174. The Kier molecular flexibility index (Phi) is 3.88. The highest BCUT2D eigenvalue weighted by atomic mass is 32.1. The van der Waals surface area contributed by atoms with Crippen molar-refractivity contribution in [2.75, 3.05) is 6.61 Å². The van der Waals surface area contributed by atoms with Crippen LogP contribution in [0.2, 0.25) is 0 Å². The van der Waals surface area contributed by atoms with Crippen molar-refractivity contribution in [1.82, 2.24) is 0 Å². The highest BCUT2D eigenvalue weighted by Crippen LogP contribution is 2.60. The van der Waals surface area contributed by atoms with Crippen molar-refractivity contribution in [2.45, 2.75) is 38.5 Å². The first-order valence-electron chi connectivity index (χ1n) is 8.55. The maximum absolute atomic E-state index is 12.7. The molecule has 4 heteroatoms. The topological polar surface area (TPSA) is 43.4 Å². The molecule has 0 amide bonds. The van der Waals surface area contributed by atoms with Gasteiger partial charge in [-0.2, -0.15) is 0 Å². The molecule has 5 rings (SSSR count). The standard InChI is InChI=1S/C19H22O3S/c20-17(12-22-18(21)4-3-16-2-1-5-23-16)19-9-13-6-14(10-19)8-15(7-13)11-19/h1-5,13-15H,6-12H2/b4-3+. The second-order valence-electron chi connectivity index (χ2n) is 7.58. The first-order chi connectivity index (χ1) is 11.1. The zero-order chi connectivity index (χ0) is 15.9. The summed E-state index contributed by atoms with van der Waals surface area (Å²) < 4.78 is 5.22. The van der Waals surface area contributed by atoms with E-state index in [1.165, 1.54) is 25.3 Å². The monoisotopic (exact) mass is 330 g/mol. The summed E-state index contributed by atoms with van der Waals surface area (Å²) in [6, 6.07) is 3.88. The lowest BCUT2D eigenvalue weighted by molar-refractivity contribution is -0.155. The van der Waals surface area contributed by atoms with Crippen molar-refractivity contribution in [3.63, 3.8) is 0 Å². The van der Waals surface area contributed by atoms with Gasteiger partial charge in [-0.15, -0.1) is 11.3 Å². The molecule has 0 aliphatic heterocycles. The van der Waals surface area contributed by atoms with Crippen LogP contribution in [0.25, 0.3) is 6.08 Å². The minimum Gasteiger partial charge on any atom is -0.455 e. The summed E-state index contributed by atoms with van der Waals surface area (Å²) in [5.74, 6) is 1.95. The molecule has 1 aromatic heterocycles. The van der Waals surface area contributed by atoms with Crippen LogP contribution in [0.5, 0.6) is 0 Å². The van der Waals surface area contributed by atoms with Crippen LogP contribution in [0.4, 0.5) is 0 Å². The van der Waals surface area contributed by atoms with E-state index in [0.717, 1.165) is 41.9 Å². The van der Waals surface area contributed by atoms with Crippen LogP contribution in [0.15, 0.2) is 23.6 Å². The predicted molar refractivity (Wildman–Crippen MR) is 89.9 cm³/mol. The highest BCUT2D eigenvalue weighted by molar-refractivity contribution is 7.10. The Labute approximate surface area is 140 Å². The SMILES string of the molecule is O=C(/C=C/c1cccs1)OCC(=O)C12CC3CC(CC(C3)C1)C2. The molecule has 4 saturated carbocycles. The van der Waals surface area contributed by atoms with E-state index < -0.39 is 5.97 Å². The highest BCUT2D eigenvalue weighted by Gasteiger charge is 2.54. The van der Waals surface area contributed by atoms with Crippen molar-refractivity contribution in [3.05, 3.63) is 28.5 Å². The lowest BCUT2D eigenvalue weighted by Gasteiger charge is -2.55. The Morgan fingerprint density at radius 3 is 2.39 bits per heavy atom. The molecular formula is C19H22O3S. The molecule has 3 nitrogen and oxygen atoms in total. The van der Waals surface area contributed by atoms with Crippen LogP contribution in [-0.2, 0) is 14.3 Å². The molecule has 0 atom stereocenters. The average Bonchev–Trinajstić information content (AvgIpc) is 3.02. The maximum atomic E-state index is 12.7. The minimum absolute atomic E-state index is 0.0558. The van der Waals surface area contributed by atoms with E-state index in [9.17, 15) is 9.59 Å². The van der Waals surface area contributed by atoms with E-state index in [-0.39, 0.29) is 17.8 Å². The van der Waals surface area contributed by atoms with Crippen molar-refractivity contribution >= 4 is 29.2 Å². The molecule has 4 bridgehead atoms. The zero-order valence-corrected chi connectivity index (χ0v) is 14.0. The Morgan fingerprint density at radius 1 is 1.17 bits per heavy atom. The van der Waals surface area contributed by atoms with Crippen LogP contribution in [0, 0.1) is 23.2 Å². The first-order valence-corrected chi connectivity index (χ1v) is 9.43. The van der Waals surface area contributed by atoms with Gasteiger partial charge >= 0.3 is 5.97 Å². The van der Waals surface area contributed by atoms with Gasteiger partial charge in [0.2, 0.25) is 0 Å². The molecule has 0 saturated heterocycles. The van der Waals surface area contributed by atoms with Gasteiger partial charge in [-0.1, -0.05) is 6.07 Å². The Balaban J connectivity index is 1.34. The fraction of sp³-hybridized carbons (Fsp3) is 0.579. The van der Waals surface area contributed by atoms with Gasteiger partial charge in [0.1, 0.15) is 0 Å². The van der Waals surface area contributed by atoms with Crippen molar-refractivity contribution in [2.24, 2.45) is 23.2 Å². The Hall–Kier alpha value is -1.42. The quantitative estimate of drug-likeness (QED) is 0.603.